The summed E-state index contributed by atoms with van der Waals surface area (Å²) in [6.07, 6.45) is 8.21. The number of aliphatic hydroxyl groups excluding tert-OH is 2. The van der Waals surface area contributed by atoms with Crippen molar-refractivity contribution in [2.75, 3.05) is 0 Å². The Hall–Kier alpha value is -0.870. The van der Waals surface area contributed by atoms with Gasteiger partial charge < -0.3 is 14.9 Å². The summed E-state index contributed by atoms with van der Waals surface area (Å²) in [6.45, 7) is 12.0. The normalized spacial score (nSPS) is 55.7. The summed E-state index contributed by atoms with van der Waals surface area (Å²) in [5.74, 6) is 0.632. The third-order valence-electron chi connectivity index (χ3n) is 10.9. The molecule has 1 heterocycles. The van der Waals surface area contributed by atoms with Crippen LogP contribution in [-0.4, -0.2) is 28.6 Å². The molecule has 5 aliphatic rings. The summed E-state index contributed by atoms with van der Waals surface area (Å²) in [6, 6.07) is 0. The summed E-state index contributed by atoms with van der Waals surface area (Å²) in [5, 5.41) is 22.2. The third kappa shape index (κ3) is 2.31. The van der Waals surface area contributed by atoms with Gasteiger partial charge in [0.25, 0.3) is 0 Å². The van der Waals surface area contributed by atoms with E-state index in [1.807, 2.05) is 6.08 Å². The minimum Gasteiger partial charge on any atom is -0.432 e. The molecule has 4 fully saturated rings. The number of fused-ring (bicyclic) bond motifs is 7. The highest BCUT2D eigenvalue weighted by Crippen LogP contribution is 2.73. The van der Waals surface area contributed by atoms with E-state index in [9.17, 15) is 15.0 Å². The van der Waals surface area contributed by atoms with Crippen molar-refractivity contribution in [3.63, 3.8) is 0 Å². The molecule has 1 saturated heterocycles. The molecular weight excluding hydrogens is 364 g/mol. The Bertz CT molecular complexity index is 771. The van der Waals surface area contributed by atoms with Gasteiger partial charge in [-0.1, -0.05) is 47.1 Å². The van der Waals surface area contributed by atoms with Crippen molar-refractivity contribution in [1.82, 2.24) is 0 Å². The first-order chi connectivity index (χ1) is 13.5. The van der Waals surface area contributed by atoms with Gasteiger partial charge in [0.15, 0.2) is 0 Å². The molecular formula is C25H38O4. The molecule has 4 aliphatic carbocycles. The SMILES string of the molecule is CC1(C)CCC[C@@]2(C)C1CC[C@@]1(C)C3CC=C4C(=O)O[C@@H](O)C4[C@@]3(C)[C@@H](O)C[C@H]21. The molecule has 0 amide bonds. The molecule has 0 aromatic carbocycles. The summed E-state index contributed by atoms with van der Waals surface area (Å²) in [4.78, 5) is 12.3. The van der Waals surface area contributed by atoms with Crippen LogP contribution in [0.25, 0.3) is 0 Å². The van der Waals surface area contributed by atoms with E-state index in [0.29, 0.717) is 22.8 Å². The van der Waals surface area contributed by atoms with Crippen LogP contribution in [0.2, 0.25) is 0 Å². The smallest absolute Gasteiger partial charge is 0.336 e. The van der Waals surface area contributed by atoms with E-state index in [4.69, 9.17) is 4.74 Å². The van der Waals surface area contributed by atoms with Gasteiger partial charge in [-0.15, -0.1) is 0 Å². The summed E-state index contributed by atoms with van der Waals surface area (Å²) in [5.41, 5.74) is 0.799. The van der Waals surface area contributed by atoms with Crippen molar-refractivity contribution >= 4 is 5.97 Å². The first-order valence-electron chi connectivity index (χ1n) is 11.7. The predicted octanol–water partition coefficient (Wildman–Crippen LogP) is 4.44. The molecule has 2 N–H and O–H groups in total. The van der Waals surface area contributed by atoms with Gasteiger partial charge in [0, 0.05) is 11.0 Å². The van der Waals surface area contributed by atoms with Crippen LogP contribution in [0, 0.1) is 45.3 Å². The average Bonchev–Trinajstić information content (AvgIpc) is 2.91. The van der Waals surface area contributed by atoms with Crippen LogP contribution < -0.4 is 0 Å². The summed E-state index contributed by atoms with van der Waals surface area (Å²) < 4.78 is 5.21. The molecule has 3 saturated carbocycles. The number of esters is 1. The van der Waals surface area contributed by atoms with E-state index in [1.165, 1.54) is 32.1 Å². The Morgan fingerprint density at radius 2 is 1.66 bits per heavy atom. The van der Waals surface area contributed by atoms with Gasteiger partial charge in [0.1, 0.15) is 0 Å². The van der Waals surface area contributed by atoms with Gasteiger partial charge in [0.2, 0.25) is 6.29 Å². The van der Waals surface area contributed by atoms with Gasteiger partial charge in [0.05, 0.1) is 12.0 Å². The second-order valence-corrected chi connectivity index (χ2v) is 12.3. The van der Waals surface area contributed by atoms with Crippen LogP contribution in [0.3, 0.4) is 0 Å². The van der Waals surface area contributed by atoms with Crippen molar-refractivity contribution in [3.05, 3.63) is 11.6 Å². The van der Waals surface area contributed by atoms with Crippen LogP contribution in [0.15, 0.2) is 11.6 Å². The summed E-state index contributed by atoms with van der Waals surface area (Å²) >= 11 is 0. The van der Waals surface area contributed by atoms with Crippen LogP contribution in [0.4, 0.5) is 0 Å². The Kier molecular flexibility index (Phi) is 4.07. The Labute approximate surface area is 175 Å². The molecule has 29 heavy (non-hydrogen) atoms. The van der Waals surface area contributed by atoms with E-state index in [1.54, 1.807) is 0 Å². The first-order valence-corrected chi connectivity index (χ1v) is 11.7. The fraction of sp³-hybridized carbons (Fsp3) is 0.880. The number of aliphatic hydroxyl groups is 2. The fourth-order valence-electron chi connectivity index (χ4n) is 9.63. The van der Waals surface area contributed by atoms with Gasteiger partial charge in [-0.25, -0.2) is 4.79 Å². The summed E-state index contributed by atoms with van der Waals surface area (Å²) in [7, 11) is 0. The number of hydrogen-bond acceptors (Lipinski definition) is 4. The number of carbonyl (C=O) groups is 1. The van der Waals surface area contributed by atoms with Gasteiger partial charge in [-0.05, 0) is 72.5 Å². The topological polar surface area (TPSA) is 66.8 Å². The maximum Gasteiger partial charge on any atom is 0.336 e. The molecule has 5 rings (SSSR count). The molecule has 4 nitrogen and oxygen atoms in total. The van der Waals surface area contributed by atoms with Crippen LogP contribution in [0.1, 0.15) is 79.6 Å². The largest absolute Gasteiger partial charge is 0.432 e. The molecule has 162 valence electrons. The minimum atomic E-state index is -1.13. The molecule has 0 aromatic heterocycles. The number of carbonyl (C=O) groups excluding carboxylic acids is 1. The van der Waals surface area contributed by atoms with Crippen LogP contribution in [0.5, 0.6) is 0 Å². The van der Waals surface area contributed by atoms with E-state index < -0.39 is 29.7 Å². The highest BCUT2D eigenvalue weighted by molar-refractivity contribution is 5.91. The lowest BCUT2D eigenvalue weighted by atomic mass is 9.34. The lowest BCUT2D eigenvalue weighted by Crippen LogP contribution is -2.66. The predicted molar refractivity (Wildman–Crippen MR) is 111 cm³/mol. The number of hydrogen-bond donors (Lipinski definition) is 2. The number of cyclic esters (lactones) is 1. The highest BCUT2D eigenvalue weighted by Gasteiger charge is 2.70. The van der Waals surface area contributed by atoms with E-state index in [-0.39, 0.29) is 16.7 Å². The zero-order valence-electron chi connectivity index (χ0n) is 18.7. The lowest BCUT2D eigenvalue weighted by molar-refractivity contribution is -0.247. The maximum atomic E-state index is 12.3. The molecule has 3 unspecified atom stereocenters. The van der Waals surface area contributed by atoms with Crippen molar-refractivity contribution in [3.8, 4) is 0 Å². The zero-order chi connectivity index (χ0) is 21.0. The molecule has 0 bridgehead atoms. The van der Waals surface area contributed by atoms with Gasteiger partial charge in [-0.2, -0.15) is 0 Å². The molecule has 0 radical (unpaired) electrons. The van der Waals surface area contributed by atoms with Crippen LogP contribution in [-0.2, 0) is 9.53 Å². The standard InChI is InChI=1S/C25H38O4/c1-22(2)10-6-11-23(3)15(22)9-12-24(4)16-8-7-14-19(21(28)29-20(14)27)25(16,5)18(26)13-17(23)24/h7,15-19,21,26,28H,6,8-13H2,1-5H3/t15?,16?,17-,18+,19?,21-,23+,24+,25-/m1/s1. The van der Waals surface area contributed by atoms with Gasteiger partial charge >= 0.3 is 5.97 Å². The number of ether oxygens (including phenoxy) is 1. The molecule has 1 aliphatic heterocycles. The van der Waals surface area contributed by atoms with Crippen molar-refractivity contribution < 1.29 is 19.7 Å². The quantitative estimate of drug-likeness (QED) is 0.588. The molecule has 9 atom stereocenters. The Morgan fingerprint density at radius 3 is 2.38 bits per heavy atom. The maximum absolute atomic E-state index is 12.3. The first kappa shape index (κ1) is 20.1. The van der Waals surface area contributed by atoms with Crippen molar-refractivity contribution in [2.45, 2.75) is 92.0 Å². The second kappa shape index (κ2) is 5.88. The molecule has 4 heteroatoms. The van der Waals surface area contributed by atoms with E-state index in [2.05, 4.69) is 34.6 Å². The van der Waals surface area contributed by atoms with Crippen LogP contribution >= 0.6 is 0 Å². The van der Waals surface area contributed by atoms with Crippen molar-refractivity contribution in [2.24, 2.45) is 45.3 Å². The highest BCUT2D eigenvalue weighted by atomic mass is 16.6. The van der Waals surface area contributed by atoms with E-state index >= 15 is 0 Å². The minimum absolute atomic E-state index is 0.111. The second-order valence-electron chi connectivity index (χ2n) is 12.3. The molecule has 0 aromatic rings. The van der Waals surface area contributed by atoms with Crippen molar-refractivity contribution in [1.29, 1.82) is 0 Å². The monoisotopic (exact) mass is 402 g/mol. The van der Waals surface area contributed by atoms with Gasteiger partial charge in [-0.3, -0.25) is 0 Å². The third-order valence-corrected chi connectivity index (χ3v) is 10.9. The Morgan fingerprint density at radius 1 is 0.966 bits per heavy atom. The average molecular weight is 403 g/mol. The lowest BCUT2D eigenvalue weighted by Gasteiger charge is -2.70. The zero-order valence-corrected chi connectivity index (χ0v) is 18.7. The Balaban J connectivity index is 1.60. The molecule has 0 spiro atoms. The fourth-order valence-corrected chi connectivity index (χ4v) is 9.63. The number of allylic oxidation sites excluding steroid dienone is 1. The number of rotatable bonds is 0. The van der Waals surface area contributed by atoms with E-state index in [0.717, 1.165) is 12.8 Å².